The van der Waals surface area contributed by atoms with Gasteiger partial charge in [-0.2, -0.15) is 5.10 Å². The second kappa shape index (κ2) is 5.92. The predicted molar refractivity (Wildman–Crippen MR) is 105 cm³/mol. The van der Waals surface area contributed by atoms with E-state index in [0.29, 0.717) is 18.3 Å². The highest BCUT2D eigenvalue weighted by Crippen LogP contribution is 2.52. The van der Waals surface area contributed by atoms with Crippen molar-refractivity contribution in [1.29, 1.82) is 0 Å². The van der Waals surface area contributed by atoms with E-state index in [4.69, 9.17) is 0 Å². The fourth-order valence-electron chi connectivity index (χ4n) is 4.08. The van der Waals surface area contributed by atoms with Crippen LogP contribution in [-0.4, -0.2) is 39.6 Å². The monoisotopic (exact) mass is 428 g/mol. The molecule has 5 rings (SSSR count). The van der Waals surface area contributed by atoms with E-state index in [1.54, 1.807) is 9.58 Å². The lowest BCUT2D eigenvalue weighted by Crippen LogP contribution is -2.46. The maximum absolute atomic E-state index is 12.9. The van der Waals surface area contributed by atoms with Crippen LogP contribution >= 0.6 is 15.9 Å². The Morgan fingerprint density at radius 2 is 2.11 bits per heavy atom. The number of hydrogen-bond acceptors (Lipinski definition) is 3. The number of nitrogens with zero attached hydrogens (tertiary/aromatic N) is 3. The number of carbonyl (C=O) groups excluding carboxylic acids is 2. The van der Waals surface area contributed by atoms with Crippen LogP contribution in [0.15, 0.2) is 28.7 Å². The molecule has 0 bridgehead atoms. The molecule has 2 heterocycles. The van der Waals surface area contributed by atoms with Gasteiger partial charge in [-0.05, 0) is 49.4 Å². The van der Waals surface area contributed by atoms with Crippen molar-refractivity contribution in [2.24, 2.45) is 7.05 Å². The van der Waals surface area contributed by atoms with Crippen LogP contribution in [-0.2, 0) is 17.3 Å². The summed E-state index contributed by atoms with van der Waals surface area (Å²) in [7, 11) is 1.83. The summed E-state index contributed by atoms with van der Waals surface area (Å²) in [5.41, 5.74) is 2.92. The summed E-state index contributed by atoms with van der Waals surface area (Å²) in [6.45, 7) is 0.682. The fourth-order valence-corrected chi connectivity index (χ4v) is 4.44. The van der Waals surface area contributed by atoms with E-state index < -0.39 is 0 Å². The van der Waals surface area contributed by atoms with Crippen molar-refractivity contribution in [3.63, 3.8) is 0 Å². The average Bonchev–Trinajstić information content (AvgIpc) is 3.54. The van der Waals surface area contributed by atoms with Crippen LogP contribution < -0.4 is 5.32 Å². The summed E-state index contributed by atoms with van der Waals surface area (Å²) in [6.07, 6.45) is 4.47. The van der Waals surface area contributed by atoms with Crippen LogP contribution in [0.3, 0.4) is 0 Å². The van der Waals surface area contributed by atoms with Gasteiger partial charge in [0.25, 0.3) is 5.91 Å². The van der Waals surface area contributed by atoms with Gasteiger partial charge in [-0.25, -0.2) is 0 Å². The summed E-state index contributed by atoms with van der Waals surface area (Å²) in [6, 6.07) is 7.77. The lowest BCUT2D eigenvalue weighted by atomic mass is 9.86. The molecule has 1 aromatic carbocycles. The van der Waals surface area contributed by atoms with Gasteiger partial charge < -0.3 is 10.2 Å². The number of aryl methyl sites for hydroxylation is 1. The van der Waals surface area contributed by atoms with Gasteiger partial charge in [0.1, 0.15) is 12.4 Å². The Balaban J connectivity index is 1.33. The number of anilines is 1. The Bertz CT molecular complexity index is 959. The van der Waals surface area contributed by atoms with Crippen LogP contribution in [0.4, 0.5) is 5.82 Å². The molecule has 3 aliphatic rings. The lowest BCUT2D eigenvalue weighted by molar-refractivity contribution is -0.117. The standard InChI is InChI=1S/C20H21BrN4O2/c1-24-17(9-16(23-24)12-2-3-12)22-18(26)10-25-11-20(6-7-20)15-8-13(21)4-5-14(15)19(25)27/h4-5,8-9,12H,2-3,6-7,10-11H2,1H3,(H,22,26). The quantitative estimate of drug-likeness (QED) is 0.812. The van der Waals surface area contributed by atoms with Crippen molar-refractivity contribution in [3.05, 3.63) is 45.6 Å². The second-order valence-corrected chi connectivity index (χ2v) is 8.95. The number of halogens is 1. The van der Waals surface area contributed by atoms with Gasteiger partial charge in [0.15, 0.2) is 0 Å². The SMILES string of the molecule is Cn1nc(C2CC2)cc1NC(=O)CN1CC2(CC2)c2cc(Br)ccc2C1=O. The van der Waals surface area contributed by atoms with E-state index in [-0.39, 0.29) is 23.8 Å². The third kappa shape index (κ3) is 2.98. The molecule has 0 atom stereocenters. The van der Waals surface area contributed by atoms with Crippen molar-refractivity contribution in [3.8, 4) is 0 Å². The number of amides is 2. The summed E-state index contributed by atoms with van der Waals surface area (Å²) in [4.78, 5) is 27.2. The molecule has 1 aliphatic heterocycles. The molecule has 6 nitrogen and oxygen atoms in total. The topological polar surface area (TPSA) is 67.2 Å². The van der Waals surface area contributed by atoms with E-state index >= 15 is 0 Å². The van der Waals surface area contributed by atoms with Gasteiger partial charge in [-0.3, -0.25) is 14.3 Å². The van der Waals surface area contributed by atoms with Crippen LogP contribution in [0.25, 0.3) is 0 Å². The first-order valence-corrected chi connectivity index (χ1v) is 10.2. The normalized spacial score (nSPS) is 19.9. The number of aromatic nitrogens is 2. The third-order valence-corrected chi connectivity index (χ3v) is 6.41. The van der Waals surface area contributed by atoms with Crippen LogP contribution in [0.1, 0.15) is 53.2 Å². The van der Waals surface area contributed by atoms with Gasteiger partial charge >= 0.3 is 0 Å². The molecule has 2 aliphatic carbocycles. The van der Waals surface area contributed by atoms with E-state index in [1.165, 1.54) is 12.8 Å². The molecule has 0 saturated heterocycles. The molecule has 7 heteroatoms. The number of fused-ring (bicyclic) bond motifs is 2. The molecule has 2 amide bonds. The lowest BCUT2D eigenvalue weighted by Gasteiger charge is -2.34. The molecule has 2 fully saturated rings. The summed E-state index contributed by atoms with van der Waals surface area (Å²) in [5, 5.41) is 7.40. The molecule has 1 N–H and O–H groups in total. The number of nitrogens with one attached hydrogen (secondary N) is 1. The van der Waals surface area contributed by atoms with Gasteiger partial charge in [0.05, 0.1) is 5.69 Å². The predicted octanol–water partition coefficient (Wildman–Crippen LogP) is 3.19. The molecule has 1 spiro atoms. The molecule has 140 valence electrons. The fraction of sp³-hybridized carbons (Fsp3) is 0.450. The maximum Gasteiger partial charge on any atom is 0.254 e. The minimum atomic E-state index is -0.176. The number of benzene rings is 1. The van der Waals surface area contributed by atoms with E-state index in [1.807, 2.05) is 25.2 Å². The Hall–Kier alpha value is -2.15. The van der Waals surface area contributed by atoms with Crippen molar-refractivity contribution >= 4 is 33.6 Å². The van der Waals surface area contributed by atoms with Gasteiger partial charge in [-0.15, -0.1) is 0 Å². The highest BCUT2D eigenvalue weighted by atomic mass is 79.9. The average molecular weight is 429 g/mol. The maximum atomic E-state index is 12.9. The van der Waals surface area contributed by atoms with E-state index in [2.05, 4.69) is 32.4 Å². The number of hydrogen-bond donors (Lipinski definition) is 1. The Kier molecular flexibility index (Phi) is 3.73. The van der Waals surface area contributed by atoms with Gasteiger partial charge in [0, 0.05) is 41.0 Å². The molecule has 0 radical (unpaired) electrons. The molecule has 1 aromatic heterocycles. The van der Waals surface area contributed by atoms with Crippen LogP contribution in [0, 0.1) is 0 Å². The van der Waals surface area contributed by atoms with E-state index in [0.717, 1.165) is 34.1 Å². The second-order valence-electron chi connectivity index (χ2n) is 8.03. The van der Waals surface area contributed by atoms with Crippen LogP contribution in [0.2, 0.25) is 0 Å². The smallest absolute Gasteiger partial charge is 0.254 e. The molecule has 2 saturated carbocycles. The molecule has 0 unspecified atom stereocenters. The van der Waals surface area contributed by atoms with Crippen LogP contribution in [0.5, 0.6) is 0 Å². The molecule has 27 heavy (non-hydrogen) atoms. The first-order chi connectivity index (χ1) is 12.9. The number of carbonyl (C=O) groups is 2. The first-order valence-electron chi connectivity index (χ1n) is 9.38. The van der Waals surface area contributed by atoms with E-state index in [9.17, 15) is 9.59 Å². The third-order valence-electron chi connectivity index (χ3n) is 5.91. The summed E-state index contributed by atoms with van der Waals surface area (Å²) >= 11 is 3.51. The molecular weight excluding hydrogens is 408 g/mol. The van der Waals surface area contributed by atoms with Gasteiger partial charge in [-0.1, -0.05) is 15.9 Å². The summed E-state index contributed by atoms with van der Waals surface area (Å²) in [5.74, 6) is 0.992. The minimum Gasteiger partial charge on any atom is -0.328 e. The Morgan fingerprint density at radius 1 is 1.33 bits per heavy atom. The van der Waals surface area contributed by atoms with Crippen molar-refractivity contribution in [2.75, 3.05) is 18.4 Å². The van der Waals surface area contributed by atoms with Crippen molar-refractivity contribution in [1.82, 2.24) is 14.7 Å². The minimum absolute atomic E-state index is 0.0268. The number of rotatable bonds is 4. The van der Waals surface area contributed by atoms with Crippen molar-refractivity contribution < 1.29 is 9.59 Å². The van der Waals surface area contributed by atoms with Gasteiger partial charge in [0.2, 0.25) is 5.91 Å². The highest BCUT2D eigenvalue weighted by Gasteiger charge is 2.51. The zero-order valence-corrected chi connectivity index (χ0v) is 16.8. The first kappa shape index (κ1) is 17.0. The Labute approximate surface area is 166 Å². The Morgan fingerprint density at radius 3 is 2.81 bits per heavy atom. The molecular formula is C20H21BrN4O2. The zero-order chi connectivity index (χ0) is 18.8. The van der Waals surface area contributed by atoms with Crippen molar-refractivity contribution in [2.45, 2.75) is 37.0 Å². The zero-order valence-electron chi connectivity index (χ0n) is 15.2. The molecule has 2 aromatic rings. The highest BCUT2D eigenvalue weighted by molar-refractivity contribution is 9.10. The summed E-state index contributed by atoms with van der Waals surface area (Å²) < 4.78 is 2.70. The largest absolute Gasteiger partial charge is 0.328 e.